The summed E-state index contributed by atoms with van der Waals surface area (Å²) in [5.41, 5.74) is 5.23. The van der Waals surface area contributed by atoms with E-state index >= 15 is 0 Å². The summed E-state index contributed by atoms with van der Waals surface area (Å²) in [7, 11) is 4.67. The Kier molecular flexibility index (Phi) is 5.44. The van der Waals surface area contributed by atoms with Crippen LogP contribution < -0.4 is 19.5 Å². The topological polar surface area (TPSA) is 56.8 Å². The maximum absolute atomic E-state index is 12.8. The molecule has 0 fully saturated rings. The molecule has 0 radical (unpaired) electrons. The summed E-state index contributed by atoms with van der Waals surface area (Å²) in [4.78, 5) is 12.8. The second-order valence-corrected chi connectivity index (χ2v) is 6.87. The summed E-state index contributed by atoms with van der Waals surface area (Å²) in [6.07, 6.45) is 3.22. The lowest BCUT2D eigenvalue weighted by molar-refractivity contribution is -0.116. The van der Waals surface area contributed by atoms with Crippen LogP contribution in [0.3, 0.4) is 0 Å². The fraction of sp³-hybridized carbons (Fsp3) is 0.160. The average Bonchev–Trinajstić information content (AvgIpc) is 3.10. The summed E-state index contributed by atoms with van der Waals surface area (Å²) in [6.45, 7) is 0. The van der Waals surface area contributed by atoms with Gasteiger partial charge in [-0.05, 0) is 40.5 Å². The van der Waals surface area contributed by atoms with E-state index in [0.717, 1.165) is 27.8 Å². The van der Waals surface area contributed by atoms with Crippen LogP contribution in [0.4, 0.5) is 0 Å². The quantitative estimate of drug-likeness (QED) is 0.613. The Balaban J connectivity index is 1.60. The second kappa shape index (κ2) is 8.33. The van der Waals surface area contributed by atoms with E-state index in [4.69, 9.17) is 14.2 Å². The summed E-state index contributed by atoms with van der Waals surface area (Å²) in [5.74, 6) is 1.37. The van der Waals surface area contributed by atoms with E-state index in [-0.39, 0.29) is 11.9 Å². The van der Waals surface area contributed by atoms with Crippen molar-refractivity contribution < 1.29 is 19.0 Å². The van der Waals surface area contributed by atoms with Gasteiger partial charge in [-0.15, -0.1) is 0 Å². The SMILES string of the molecule is COc1ccc(/C=C/C(=O)NC2c3ccccc3-c3ccccc32)c(OC)c1OC. The Morgan fingerprint density at radius 2 is 1.40 bits per heavy atom. The molecule has 0 bridgehead atoms. The minimum atomic E-state index is -0.191. The number of methoxy groups -OCH3 is 3. The van der Waals surface area contributed by atoms with Crippen LogP contribution >= 0.6 is 0 Å². The molecule has 4 rings (SSSR count). The van der Waals surface area contributed by atoms with Crippen LogP contribution in [0.25, 0.3) is 17.2 Å². The predicted molar refractivity (Wildman–Crippen MR) is 117 cm³/mol. The number of carbonyl (C=O) groups excluding carboxylic acids is 1. The number of carbonyl (C=O) groups is 1. The third kappa shape index (κ3) is 3.39. The summed E-state index contributed by atoms with van der Waals surface area (Å²) < 4.78 is 16.2. The van der Waals surface area contributed by atoms with Crippen LogP contribution in [0, 0.1) is 0 Å². The van der Waals surface area contributed by atoms with E-state index in [1.807, 2.05) is 30.3 Å². The minimum Gasteiger partial charge on any atom is -0.493 e. The van der Waals surface area contributed by atoms with Gasteiger partial charge in [0.15, 0.2) is 11.5 Å². The van der Waals surface area contributed by atoms with Gasteiger partial charge in [0.1, 0.15) is 0 Å². The molecule has 0 unspecified atom stereocenters. The lowest BCUT2D eigenvalue weighted by atomic mass is 10.1. The number of benzene rings is 3. The first-order chi connectivity index (χ1) is 14.7. The Bertz CT molecular complexity index is 1070. The van der Waals surface area contributed by atoms with Crippen molar-refractivity contribution >= 4 is 12.0 Å². The second-order valence-electron chi connectivity index (χ2n) is 6.87. The van der Waals surface area contributed by atoms with Gasteiger partial charge >= 0.3 is 0 Å². The third-order valence-corrected chi connectivity index (χ3v) is 5.27. The molecule has 1 aliphatic rings. The highest BCUT2D eigenvalue weighted by Crippen LogP contribution is 2.43. The zero-order chi connectivity index (χ0) is 21.1. The fourth-order valence-corrected chi connectivity index (χ4v) is 3.92. The molecule has 5 heteroatoms. The zero-order valence-corrected chi connectivity index (χ0v) is 17.1. The molecule has 0 spiro atoms. The molecule has 30 heavy (non-hydrogen) atoms. The van der Waals surface area contributed by atoms with Gasteiger partial charge in [0, 0.05) is 11.6 Å². The molecule has 0 saturated heterocycles. The van der Waals surface area contributed by atoms with E-state index < -0.39 is 0 Å². The number of ether oxygens (including phenoxy) is 3. The number of amides is 1. The van der Waals surface area contributed by atoms with Crippen molar-refractivity contribution in [3.8, 4) is 28.4 Å². The molecule has 1 amide bonds. The Morgan fingerprint density at radius 3 is 1.97 bits per heavy atom. The van der Waals surface area contributed by atoms with E-state index in [2.05, 4.69) is 29.6 Å². The molecule has 1 aliphatic carbocycles. The van der Waals surface area contributed by atoms with Crippen molar-refractivity contribution in [3.63, 3.8) is 0 Å². The van der Waals surface area contributed by atoms with Gasteiger partial charge in [-0.3, -0.25) is 4.79 Å². The van der Waals surface area contributed by atoms with Crippen LogP contribution in [0.15, 0.2) is 66.7 Å². The highest BCUT2D eigenvalue weighted by molar-refractivity contribution is 5.94. The molecule has 0 heterocycles. The van der Waals surface area contributed by atoms with Crippen LogP contribution in [0.1, 0.15) is 22.7 Å². The summed E-state index contributed by atoms with van der Waals surface area (Å²) in [5, 5.41) is 3.13. The Morgan fingerprint density at radius 1 is 0.800 bits per heavy atom. The lowest BCUT2D eigenvalue weighted by Crippen LogP contribution is -2.26. The first-order valence-corrected chi connectivity index (χ1v) is 9.63. The van der Waals surface area contributed by atoms with Gasteiger partial charge in [0.2, 0.25) is 11.7 Å². The van der Waals surface area contributed by atoms with Gasteiger partial charge in [0.05, 0.1) is 27.4 Å². The Hall–Kier alpha value is -3.73. The van der Waals surface area contributed by atoms with Crippen LogP contribution in [0.5, 0.6) is 17.2 Å². The molecule has 152 valence electrons. The largest absolute Gasteiger partial charge is 0.493 e. The first-order valence-electron chi connectivity index (χ1n) is 9.63. The number of rotatable bonds is 6. The van der Waals surface area contributed by atoms with Gasteiger partial charge < -0.3 is 19.5 Å². The van der Waals surface area contributed by atoms with Crippen LogP contribution in [0.2, 0.25) is 0 Å². The fourth-order valence-electron chi connectivity index (χ4n) is 3.92. The first kappa shape index (κ1) is 19.6. The predicted octanol–water partition coefficient (Wildman–Crippen LogP) is 4.61. The number of hydrogen-bond acceptors (Lipinski definition) is 4. The molecule has 3 aromatic rings. The van der Waals surface area contributed by atoms with Crippen LogP contribution in [-0.4, -0.2) is 27.2 Å². The zero-order valence-electron chi connectivity index (χ0n) is 17.1. The summed E-state index contributed by atoms with van der Waals surface area (Å²) >= 11 is 0. The highest BCUT2D eigenvalue weighted by Gasteiger charge is 2.28. The molecular weight excluding hydrogens is 378 g/mol. The molecule has 3 aromatic carbocycles. The Labute approximate surface area is 175 Å². The van der Waals surface area contributed by atoms with Crippen LogP contribution in [-0.2, 0) is 4.79 Å². The molecule has 1 N–H and O–H groups in total. The van der Waals surface area contributed by atoms with E-state index in [9.17, 15) is 4.79 Å². The van der Waals surface area contributed by atoms with Gasteiger partial charge in [-0.2, -0.15) is 0 Å². The minimum absolute atomic E-state index is 0.179. The number of nitrogens with one attached hydrogen (secondary N) is 1. The third-order valence-electron chi connectivity index (χ3n) is 5.27. The monoisotopic (exact) mass is 401 g/mol. The van der Waals surface area contributed by atoms with Crippen molar-refractivity contribution in [2.24, 2.45) is 0 Å². The van der Waals surface area contributed by atoms with Crippen molar-refractivity contribution in [1.82, 2.24) is 5.32 Å². The normalized spacial score (nSPS) is 12.4. The van der Waals surface area contributed by atoms with Gasteiger partial charge in [-0.1, -0.05) is 48.5 Å². The van der Waals surface area contributed by atoms with Crippen molar-refractivity contribution in [2.75, 3.05) is 21.3 Å². The van der Waals surface area contributed by atoms with Gasteiger partial charge in [-0.25, -0.2) is 0 Å². The number of fused-ring (bicyclic) bond motifs is 3. The highest BCUT2D eigenvalue weighted by atomic mass is 16.5. The molecule has 0 aromatic heterocycles. The summed E-state index contributed by atoms with van der Waals surface area (Å²) in [6, 6.07) is 19.7. The molecular formula is C25H23NO4. The average molecular weight is 401 g/mol. The molecule has 0 saturated carbocycles. The van der Waals surface area contributed by atoms with E-state index in [1.54, 1.807) is 33.5 Å². The molecule has 0 atom stereocenters. The van der Waals surface area contributed by atoms with Gasteiger partial charge in [0.25, 0.3) is 0 Å². The standard InChI is InChI=1S/C25H23NO4/c1-28-21-14-12-16(24(29-2)25(21)30-3)13-15-22(27)26-23-19-10-6-4-8-17(19)18-9-5-7-11-20(18)23/h4-15,23H,1-3H3,(H,26,27)/b15-13+. The van der Waals surface area contributed by atoms with Crippen molar-refractivity contribution in [2.45, 2.75) is 6.04 Å². The van der Waals surface area contributed by atoms with Crippen molar-refractivity contribution in [3.05, 3.63) is 83.4 Å². The maximum atomic E-state index is 12.8. The number of hydrogen-bond donors (Lipinski definition) is 1. The maximum Gasteiger partial charge on any atom is 0.244 e. The lowest BCUT2D eigenvalue weighted by Gasteiger charge is -2.15. The molecule has 5 nitrogen and oxygen atoms in total. The van der Waals surface area contributed by atoms with Crippen molar-refractivity contribution in [1.29, 1.82) is 0 Å². The van der Waals surface area contributed by atoms with E-state index in [0.29, 0.717) is 17.2 Å². The van der Waals surface area contributed by atoms with E-state index in [1.165, 1.54) is 6.08 Å². The smallest absolute Gasteiger partial charge is 0.244 e. The molecule has 0 aliphatic heterocycles.